The summed E-state index contributed by atoms with van der Waals surface area (Å²) in [4.78, 5) is 8.55. The van der Waals surface area contributed by atoms with Crippen LogP contribution in [0.1, 0.15) is 0 Å². The molecular formula is C12H9BrFN2O3-. The molecule has 0 atom stereocenters. The molecule has 0 N–H and O–H groups in total. The van der Waals surface area contributed by atoms with Crippen LogP contribution in [0, 0.1) is 11.0 Å². The molecule has 0 radical (unpaired) electrons. The van der Waals surface area contributed by atoms with Gasteiger partial charge in [0.2, 0.25) is 5.88 Å². The van der Waals surface area contributed by atoms with Gasteiger partial charge in [-0.05, 0) is 46.3 Å². The molecule has 1 aromatic heterocycles. The van der Waals surface area contributed by atoms with E-state index in [2.05, 4.69) is 25.8 Å². The molecule has 100 valence electrons. The minimum atomic E-state index is -0.376. The monoisotopic (exact) mass is 327 g/mol. The van der Waals surface area contributed by atoms with Crippen molar-refractivity contribution in [3.05, 3.63) is 52.0 Å². The van der Waals surface area contributed by atoms with E-state index < -0.39 is 0 Å². The molecule has 1 heterocycles. The molecule has 0 saturated carbocycles. The summed E-state index contributed by atoms with van der Waals surface area (Å²) in [5.74, 6) is 0.0484. The van der Waals surface area contributed by atoms with Crippen molar-refractivity contribution in [3.63, 3.8) is 0 Å². The largest absolute Gasteiger partial charge is 0.733 e. The van der Waals surface area contributed by atoms with Crippen molar-refractivity contribution in [2.75, 3.05) is 12.3 Å². The lowest BCUT2D eigenvalue weighted by atomic mass is 10.3. The van der Waals surface area contributed by atoms with Crippen molar-refractivity contribution in [2.24, 2.45) is 0 Å². The molecule has 2 aromatic rings. The topological polar surface area (TPSA) is 57.7 Å². The zero-order valence-electron chi connectivity index (χ0n) is 9.84. The molecule has 7 heteroatoms. The summed E-state index contributed by atoms with van der Waals surface area (Å²) in [6.07, 6.45) is 1.48. The first kappa shape index (κ1) is 13.7. The Balaban J connectivity index is 2.31. The molecular weight excluding hydrogens is 319 g/mol. The van der Waals surface area contributed by atoms with Crippen LogP contribution in [0.3, 0.4) is 0 Å². The number of hydrogen-bond acceptors (Lipinski definition) is 5. The van der Waals surface area contributed by atoms with Crippen LogP contribution < -0.4 is 9.96 Å². The summed E-state index contributed by atoms with van der Waals surface area (Å²) in [6, 6.07) is 6.87. The van der Waals surface area contributed by atoms with Crippen LogP contribution in [0.4, 0.5) is 10.1 Å². The SMILES string of the molecule is CON([O-])c1cc(Br)cnc1Oc1ccc(F)cc1. The highest BCUT2D eigenvalue weighted by Crippen LogP contribution is 2.32. The van der Waals surface area contributed by atoms with Crippen LogP contribution >= 0.6 is 15.9 Å². The molecule has 5 nitrogen and oxygen atoms in total. The van der Waals surface area contributed by atoms with Crippen LogP contribution in [-0.2, 0) is 4.84 Å². The van der Waals surface area contributed by atoms with Crippen molar-refractivity contribution in [2.45, 2.75) is 0 Å². The molecule has 19 heavy (non-hydrogen) atoms. The molecule has 0 fully saturated rings. The number of rotatable bonds is 4. The van der Waals surface area contributed by atoms with Gasteiger partial charge in [0.1, 0.15) is 17.3 Å². The van der Waals surface area contributed by atoms with Crippen LogP contribution in [-0.4, -0.2) is 12.1 Å². The van der Waals surface area contributed by atoms with Gasteiger partial charge in [-0.3, -0.25) is 4.84 Å². The second kappa shape index (κ2) is 5.96. The van der Waals surface area contributed by atoms with Gasteiger partial charge in [0.25, 0.3) is 0 Å². The fourth-order valence-corrected chi connectivity index (χ4v) is 1.66. The molecule has 0 spiro atoms. The van der Waals surface area contributed by atoms with Crippen molar-refractivity contribution < 1.29 is 14.0 Å². The number of anilines is 1. The highest BCUT2D eigenvalue weighted by molar-refractivity contribution is 9.10. The Labute approximate surface area is 117 Å². The van der Waals surface area contributed by atoms with Crippen LogP contribution in [0.25, 0.3) is 0 Å². The Hall–Kier alpha value is -1.70. The van der Waals surface area contributed by atoms with Gasteiger partial charge in [0.05, 0.1) is 7.11 Å². The van der Waals surface area contributed by atoms with Gasteiger partial charge in [0.15, 0.2) is 0 Å². The third-order valence-electron chi connectivity index (χ3n) is 2.19. The highest BCUT2D eigenvalue weighted by atomic mass is 79.9. The maximum Gasteiger partial charge on any atom is 0.244 e. The van der Waals surface area contributed by atoms with E-state index >= 15 is 0 Å². The summed E-state index contributed by atoms with van der Waals surface area (Å²) < 4.78 is 18.8. The lowest BCUT2D eigenvalue weighted by Gasteiger charge is -2.28. The molecule has 0 aliphatic rings. The minimum Gasteiger partial charge on any atom is -0.733 e. The Morgan fingerprint density at radius 3 is 2.63 bits per heavy atom. The van der Waals surface area contributed by atoms with E-state index in [0.717, 1.165) is 0 Å². The number of pyridine rings is 1. The van der Waals surface area contributed by atoms with Gasteiger partial charge in [-0.15, -0.1) is 0 Å². The Morgan fingerprint density at radius 1 is 1.32 bits per heavy atom. The van der Waals surface area contributed by atoms with E-state index in [4.69, 9.17) is 4.74 Å². The van der Waals surface area contributed by atoms with Crippen LogP contribution in [0.15, 0.2) is 41.0 Å². The van der Waals surface area contributed by atoms with E-state index in [1.54, 1.807) is 0 Å². The van der Waals surface area contributed by atoms with Gasteiger partial charge in [-0.2, -0.15) is 0 Å². The van der Waals surface area contributed by atoms with Gasteiger partial charge in [-0.25, -0.2) is 9.37 Å². The fourth-order valence-electron chi connectivity index (χ4n) is 1.34. The predicted octanol–water partition coefficient (Wildman–Crippen LogP) is 3.64. The maximum atomic E-state index is 12.8. The van der Waals surface area contributed by atoms with E-state index in [0.29, 0.717) is 10.2 Å². The fraction of sp³-hybridized carbons (Fsp3) is 0.0833. The van der Waals surface area contributed by atoms with E-state index in [1.165, 1.54) is 43.6 Å². The molecule has 0 amide bonds. The maximum absolute atomic E-state index is 12.8. The summed E-state index contributed by atoms with van der Waals surface area (Å²) in [5, 5.41) is 11.8. The average molecular weight is 328 g/mol. The van der Waals surface area contributed by atoms with E-state index in [1.807, 2.05) is 0 Å². The summed E-state index contributed by atoms with van der Waals surface area (Å²) in [5.41, 5.74) is 0.0983. The molecule has 0 aliphatic heterocycles. The van der Waals surface area contributed by atoms with Crippen molar-refractivity contribution in [1.82, 2.24) is 4.98 Å². The molecule has 0 unspecified atom stereocenters. The predicted molar refractivity (Wildman–Crippen MR) is 71.3 cm³/mol. The zero-order chi connectivity index (χ0) is 13.8. The quantitative estimate of drug-likeness (QED) is 0.802. The minimum absolute atomic E-state index is 0.0617. The molecule has 2 rings (SSSR count). The Morgan fingerprint density at radius 2 is 2.00 bits per heavy atom. The average Bonchev–Trinajstić information content (AvgIpc) is 2.42. The van der Waals surface area contributed by atoms with Gasteiger partial charge in [0, 0.05) is 10.7 Å². The summed E-state index contributed by atoms with van der Waals surface area (Å²) in [6.45, 7) is 0. The number of aromatic nitrogens is 1. The molecule has 0 bridgehead atoms. The smallest absolute Gasteiger partial charge is 0.244 e. The van der Waals surface area contributed by atoms with E-state index in [-0.39, 0.29) is 22.6 Å². The second-order valence-electron chi connectivity index (χ2n) is 3.47. The lowest BCUT2D eigenvalue weighted by Crippen LogP contribution is -2.13. The molecule has 0 saturated heterocycles. The highest BCUT2D eigenvalue weighted by Gasteiger charge is 2.09. The van der Waals surface area contributed by atoms with Crippen molar-refractivity contribution in [3.8, 4) is 11.6 Å². The Kier molecular flexibility index (Phi) is 4.31. The van der Waals surface area contributed by atoms with Crippen molar-refractivity contribution in [1.29, 1.82) is 0 Å². The second-order valence-corrected chi connectivity index (χ2v) is 4.39. The third kappa shape index (κ3) is 3.40. The number of ether oxygens (including phenoxy) is 1. The van der Waals surface area contributed by atoms with Gasteiger partial charge in [-0.1, -0.05) is 0 Å². The lowest BCUT2D eigenvalue weighted by molar-refractivity contribution is 0.195. The first-order chi connectivity index (χ1) is 9.10. The van der Waals surface area contributed by atoms with Crippen LogP contribution in [0.2, 0.25) is 0 Å². The number of halogens is 2. The summed E-state index contributed by atoms with van der Waals surface area (Å²) >= 11 is 3.20. The zero-order valence-corrected chi connectivity index (χ0v) is 11.4. The molecule has 1 aromatic carbocycles. The summed E-state index contributed by atoms with van der Waals surface area (Å²) in [7, 11) is 1.23. The molecule has 0 aliphatic carbocycles. The number of hydrogen-bond donors (Lipinski definition) is 0. The first-order valence-corrected chi connectivity index (χ1v) is 6.00. The first-order valence-electron chi connectivity index (χ1n) is 5.20. The van der Waals surface area contributed by atoms with Crippen LogP contribution in [0.5, 0.6) is 11.6 Å². The van der Waals surface area contributed by atoms with Gasteiger partial charge >= 0.3 is 0 Å². The Bertz CT molecular complexity index is 565. The normalized spacial score (nSPS) is 10.3. The van der Waals surface area contributed by atoms with Gasteiger partial charge < -0.3 is 15.2 Å². The van der Waals surface area contributed by atoms with Crippen molar-refractivity contribution >= 4 is 21.6 Å². The standard InChI is InChI=1S/C12H9BrFN2O3/c1-18-16(17)11-6-8(13)7-15-12(11)19-10-4-2-9(14)3-5-10/h2-7H,1H3/q-1. The number of benzene rings is 1. The van der Waals surface area contributed by atoms with E-state index in [9.17, 15) is 9.60 Å². The number of nitrogens with zero attached hydrogens (tertiary/aromatic N) is 2. The third-order valence-corrected chi connectivity index (χ3v) is 2.62.